The molecular formula is C18H20F3O3P. The molecule has 3 rings (SSSR count). The summed E-state index contributed by atoms with van der Waals surface area (Å²) in [6.45, 7) is 2.91. The molecule has 7 heteroatoms. The van der Waals surface area contributed by atoms with Gasteiger partial charge in [0.05, 0.1) is 5.83 Å². The summed E-state index contributed by atoms with van der Waals surface area (Å²) in [7, 11) is 4.26. The maximum absolute atomic E-state index is 14.7. The Morgan fingerprint density at radius 3 is 2.52 bits per heavy atom. The number of benzene rings is 1. The summed E-state index contributed by atoms with van der Waals surface area (Å²) in [5, 5.41) is 0. The number of hydrogen-bond donors (Lipinski definition) is 0. The van der Waals surface area contributed by atoms with Crippen LogP contribution in [0.3, 0.4) is 0 Å². The lowest BCUT2D eigenvalue weighted by Crippen LogP contribution is -2.43. The van der Waals surface area contributed by atoms with Crippen LogP contribution in [0, 0.1) is 0 Å². The predicted molar refractivity (Wildman–Crippen MR) is 91.9 cm³/mol. The fraction of sp³-hybridized carbons (Fsp3) is 0.444. The van der Waals surface area contributed by atoms with Gasteiger partial charge in [-0.1, -0.05) is 27.4 Å². The third-order valence-corrected chi connectivity index (χ3v) is 5.15. The molecule has 1 aliphatic carbocycles. The van der Waals surface area contributed by atoms with Gasteiger partial charge >= 0.3 is 0 Å². The second-order valence-corrected chi connectivity index (χ2v) is 6.93. The molecule has 1 saturated heterocycles. The highest BCUT2D eigenvalue weighted by molar-refractivity contribution is 7.18. The highest BCUT2D eigenvalue weighted by atomic mass is 31.0. The molecule has 4 atom stereocenters. The van der Waals surface area contributed by atoms with Gasteiger partial charge in [-0.3, -0.25) is 0 Å². The average molecular weight is 372 g/mol. The van der Waals surface area contributed by atoms with Crippen LogP contribution in [0.4, 0.5) is 13.2 Å². The Balaban J connectivity index is 2.30. The number of allylic oxidation sites excluding steroid dienone is 2. The van der Waals surface area contributed by atoms with E-state index in [4.69, 9.17) is 14.2 Å². The lowest BCUT2D eigenvalue weighted by atomic mass is 9.88. The fourth-order valence-electron chi connectivity index (χ4n) is 3.69. The van der Waals surface area contributed by atoms with Crippen molar-refractivity contribution in [1.29, 1.82) is 0 Å². The zero-order valence-corrected chi connectivity index (χ0v) is 15.6. The molecule has 1 fully saturated rings. The van der Waals surface area contributed by atoms with E-state index in [0.29, 0.717) is 16.7 Å². The van der Waals surface area contributed by atoms with Gasteiger partial charge in [-0.05, 0) is 36.6 Å². The van der Waals surface area contributed by atoms with Crippen molar-refractivity contribution in [3.63, 3.8) is 0 Å². The van der Waals surface area contributed by atoms with Gasteiger partial charge in [-0.15, -0.1) is 0 Å². The van der Waals surface area contributed by atoms with Gasteiger partial charge in [0, 0.05) is 25.4 Å². The largest absolute Gasteiger partial charge is 0.362 e. The Bertz CT molecular complexity index is 765. The molecule has 0 N–H and O–H groups in total. The van der Waals surface area contributed by atoms with Gasteiger partial charge in [0.25, 0.3) is 5.66 Å². The smallest absolute Gasteiger partial charge is 0.295 e. The van der Waals surface area contributed by atoms with Crippen LogP contribution in [0.2, 0.25) is 0 Å². The van der Waals surface area contributed by atoms with Gasteiger partial charge in [-0.25, -0.2) is 4.39 Å². The molecule has 0 saturated carbocycles. The van der Waals surface area contributed by atoms with Crippen molar-refractivity contribution in [3.8, 4) is 0 Å². The van der Waals surface area contributed by atoms with Gasteiger partial charge < -0.3 is 14.2 Å². The fourth-order valence-corrected chi connectivity index (χ4v) is 4.11. The Hall–Kier alpha value is -1.20. The van der Waals surface area contributed by atoms with Crippen LogP contribution in [0.15, 0.2) is 35.7 Å². The van der Waals surface area contributed by atoms with E-state index >= 15 is 0 Å². The van der Waals surface area contributed by atoms with Crippen molar-refractivity contribution < 1.29 is 27.4 Å². The molecule has 0 bridgehead atoms. The number of rotatable bonds is 5. The average Bonchev–Trinajstić information content (AvgIpc) is 3.27. The van der Waals surface area contributed by atoms with E-state index in [1.807, 2.05) is 6.07 Å². The van der Waals surface area contributed by atoms with E-state index in [2.05, 4.69) is 0 Å². The zero-order chi connectivity index (χ0) is 18.6. The minimum Gasteiger partial charge on any atom is -0.362 e. The van der Waals surface area contributed by atoms with Crippen LogP contribution in [-0.4, -0.2) is 26.2 Å². The summed E-state index contributed by atoms with van der Waals surface area (Å²) < 4.78 is 59.1. The highest BCUT2D eigenvalue weighted by Gasteiger charge is 2.60. The molecule has 1 aromatic carbocycles. The van der Waals surface area contributed by atoms with Gasteiger partial charge in [0.1, 0.15) is 6.10 Å². The molecular weight excluding hydrogens is 352 g/mol. The summed E-state index contributed by atoms with van der Waals surface area (Å²) >= 11 is 0. The van der Waals surface area contributed by atoms with E-state index in [1.165, 1.54) is 30.4 Å². The number of fused-ring (bicyclic) bond motifs is 1. The predicted octanol–water partition coefficient (Wildman–Crippen LogP) is 4.70. The van der Waals surface area contributed by atoms with Gasteiger partial charge in [0.15, 0.2) is 11.9 Å². The molecule has 1 aromatic rings. The number of hydrogen-bond acceptors (Lipinski definition) is 3. The van der Waals surface area contributed by atoms with Gasteiger partial charge in [0.2, 0.25) is 0 Å². The number of ether oxygens (including phenoxy) is 3. The van der Waals surface area contributed by atoms with E-state index in [9.17, 15) is 13.2 Å². The molecule has 0 amide bonds. The maximum atomic E-state index is 14.7. The highest BCUT2D eigenvalue weighted by Crippen LogP contribution is 2.59. The lowest BCUT2D eigenvalue weighted by molar-refractivity contribution is -0.121. The Labute approximate surface area is 147 Å². The molecule has 25 heavy (non-hydrogen) atoms. The molecule has 1 aliphatic heterocycles. The summed E-state index contributed by atoms with van der Waals surface area (Å²) in [5.41, 5.74) is -3.16. The minimum atomic E-state index is -3.35. The molecule has 1 heterocycles. The van der Waals surface area contributed by atoms with Crippen LogP contribution < -0.4 is 0 Å². The molecule has 4 unspecified atom stereocenters. The van der Waals surface area contributed by atoms with Crippen LogP contribution in [0.5, 0.6) is 0 Å². The van der Waals surface area contributed by atoms with Crippen molar-refractivity contribution in [3.05, 3.63) is 52.4 Å². The minimum absolute atomic E-state index is 0.104. The summed E-state index contributed by atoms with van der Waals surface area (Å²) in [6, 6.07) is 5.07. The first-order valence-electron chi connectivity index (χ1n) is 7.78. The summed E-state index contributed by atoms with van der Waals surface area (Å²) in [4.78, 5) is 0. The first kappa shape index (κ1) is 18.6. The van der Waals surface area contributed by atoms with E-state index in [-0.39, 0.29) is 11.7 Å². The second-order valence-electron chi connectivity index (χ2n) is 6.21. The normalized spacial score (nSPS) is 29.2. The zero-order valence-electron chi connectivity index (χ0n) is 14.4. The third kappa shape index (κ3) is 2.67. The first-order valence-corrected chi connectivity index (χ1v) is 8.35. The summed E-state index contributed by atoms with van der Waals surface area (Å²) in [6.07, 6.45) is 0.370. The monoisotopic (exact) mass is 372 g/mol. The van der Waals surface area contributed by atoms with Crippen molar-refractivity contribution in [2.24, 2.45) is 0 Å². The van der Waals surface area contributed by atoms with E-state index < -0.39 is 23.4 Å². The Morgan fingerprint density at radius 1 is 1.36 bits per heavy atom. The van der Waals surface area contributed by atoms with Crippen LogP contribution in [0.1, 0.15) is 36.6 Å². The SMILES string of the molecule is COC1OC1c1cccc2c1C(C)=C(/C=C(\C)F)C2(OC)C(F)(F)P. The van der Waals surface area contributed by atoms with Crippen LogP contribution in [-0.2, 0) is 19.8 Å². The van der Waals surface area contributed by atoms with Crippen molar-refractivity contribution in [2.75, 3.05) is 14.2 Å². The Morgan fingerprint density at radius 2 is 2.04 bits per heavy atom. The molecule has 3 nitrogen and oxygen atoms in total. The molecule has 0 aromatic heterocycles. The maximum Gasteiger partial charge on any atom is 0.295 e. The quantitative estimate of drug-likeness (QED) is 0.555. The number of methoxy groups -OCH3 is 2. The number of epoxide rings is 1. The number of halogens is 3. The lowest BCUT2D eigenvalue weighted by Gasteiger charge is -2.36. The van der Waals surface area contributed by atoms with Crippen LogP contribution in [0.25, 0.3) is 5.57 Å². The topological polar surface area (TPSA) is 31.0 Å². The van der Waals surface area contributed by atoms with Crippen LogP contribution >= 0.6 is 9.24 Å². The molecule has 2 aliphatic rings. The van der Waals surface area contributed by atoms with Gasteiger partial charge in [-0.2, -0.15) is 8.78 Å². The third-order valence-electron chi connectivity index (χ3n) is 4.74. The molecule has 136 valence electrons. The van der Waals surface area contributed by atoms with E-state index in [0.717, 1.165) is 11.6 Å². The first-order chi connectivity index (χ1) is 11.7. The second kappa shape index (κ2) is 6.20. The molecule has 0 spiro atoms. The number of alkyl halides is 2. The standard InChI is InChI=1S/C18H20F3O3P/c1-9(19)8-13-10(2)14-11(15-16(22-3)24-15)6-5-7-12(14)17(13,23-4)18(20,21)25/h5-8,15-16H,25H2,1-4H3/b9-8+. The summed E-state index contributed by atoms with van der Waals surface area (Å²) in [5.74, 6) is -0.572. The van der Waals surface area contributed by atoms with E-state index in [1.54, 1.807) is 19.1 Å². The van der Waals surface area contributed by atoms with Crippen molar-refractivity contribution >= 4 is 14.8 Å². The molecule has 0 radical (unpaired) electrons. The van der Waals surface area contributed by atoms with Crippen molar-refractivity contribution in [1.82, 2.24) is 0 Å². The van der Waals surface area contributed by atoms with Crippen molar-refractivity contribution in [2.45, 2.75) is 37.5 Å². The Kier molecular flexibility index (Phi) is 4.61.